The highest BCUT2D eigenvalue weighted by molar-refractivity contribution is 6.32. The molecule has 0 heterocycles. The van der Waals surface area contributed by atoms with Gasteiger partial charge in [-0.05, 0) is 31.4 Å². The summed E-state index contributed by atoms with van der Waals surface area (Å²) in [5.41, 5.74) is 6.50. The van der Waals surface area contributed by atoms with Gasteiger partial charge >= 0.3 is 0 Å². The number of aromatic hydroxyl groups is 1. The zero-order valence-corrected chi connectivity index (χ0v) is 9.94. The third-order valence-electron chi connectivity index (χ3n) is 3.44. The fourth-order valence-corrected chi connectivity index (χ4v) is 2.76. The van der Waals surface area contributed by atoms with Crippen LogP contribution in [0.15, 0.2) is 6.07 Å². The predicted octanol–water partition coefficient (Wildman–Crippen LogP) is 3.22. The van der Waals surface area contributed by atoms with Gasteiger partial charge in [0, 0.05) is 11.1 Å². The van der Waals surface area contributed by atoms with E-state index in [2.05, 4.69) is 0 Å². The highest BCUT2D eigenvalue weighted by atomic mass is 35.5. The Morgan fingerprint density at radius 2 is 2.00 bits per heavy atom. The molecular formula is C12H15ClFNO. The van der Waals surface area contributed by atoms with E-state index in [9.17, 15) is 9.50 Å². The molecule has 1 aliphatic rings. The zero-order valence-electron chi connectivity index (χ0n) is 9.19. The third kappa shape index (κ3) is 1.68. The van der Waals surface area contributed by atoms with Crippen molar-refractivity contribution < 1.29 is 9.50 Å². The van der Waals surface area contributed by atoms with E-state index in [1.807, 2.05) is 0 Å². The lowest BCUT2D eigenvalue weighted by Gasteiger charge is -2.27. The number of halogens is 2. The van der Waals surface area contributed by atoms with Gasteiger partial charge in [0.25, 0.3) is 0 Å². The van der Waals surface area contributed by atoms with E-state index >= 15 is 0 Å². The molecule has 0 aromatic heterocycles. The molecule has 3 N–H and O–H groups in total. The Balaban J connectivity index is 2.63. The van der Waals surface area contributed by atoms with Crippen molar-refractivity contribution in [1.29, 1.82) is 0 Å². The van der Waals surface area contributed by atoms with Crippen LogP contribution in [0.2, 0.25) is 5.02 Å². The molecule has 1 aliphatic carbocycles. The van der Waals surface area contributed by atoms with Gasteiger partial charge < -0.3 is 10.8 Å². The van der Waals surface area contributed by atoms with Gasteiger partial charge in [0.2, 0.25) is 0 Å². The van der Waals surface area contributed by atoms with Crippen LogP contribution in [0.4, 0.5) is 4.39 Å². The van der Waals surface area contributed by atoms with E-state index in [0.29, 0.717) is 11.1 Å². The maximum absolute atomic E-state index is 13.6. The van der Waals surface area contributed by atoms with Crippen LogP contribution >= 0.6 is 11.6 Å². The Morgan fingerprint density at radius 1 is 1.44 bits per heavy atom. The summed E-state index contributed by atoms with van der Waals surface area (Å²) in [6, 6.07) is 1.13. The molecule has 0 saturated heterocycles. The fourth-order valence-electron chi connectivity index (χ4n) is 2.57. The summed E-state index contributed by atoms with van der Waals surface area (Å²) >= 11 is 5.79. The van der Waals surface area contributed by atoms with Crippen molar-refractivity contribution in [2.45, 2.75) is 38.1 Å². The number of phenolic OH excluding ortho intramolecular Hbond substituents is 1. The number of hydrogen-bond donors (Lipinski definition) is 2. The summed E-state index contributed by atoms with van der Waals surface area (Å²) in [5, 5.41) is 9.99. The number of rotatable bonds is 1. The van der Waals surface area contributed by atoms with Gasteiger partial charge in [0.1, 0.15) is 11.6 Å². The zero-order chi connectivity index (χ0) is 11.9. The Morgan fingerprint density at radius 3 is 2.56 bits per heavy atom. The van der Waals surface area contributed by atoms with Crippen LogP contribution in [0.1, 0.15) is 36.8 Å². The smallest absolute Gasteiger partial charge is 0.139 e. The largest absolute Gasteiger partial charge is 0.506 e. The fraction of sp³-hybridized carbons (Fsp3) is 0.500. The Hall–Kier alpha value is -0.800. The second kappa shape index (κ2) is 3.90. The Kier molecular flexibility index (Phi) is 2.84. The van der Waals surface area contributed by atoms with Crippen LogP contribution in [-0.2, 0) is 5.54 Å². The van der Waals surface area contributed by atoms with Gasteiger partial charge in [-0.15, -0.1) is 0 Å². The van der Waals surface area contributed by atoms with E-state index in [0.717, 1.165) is 31.7 Å². The second-order valence-electron chi connectivity index (χ2n) is 4.55. The first-order chi connectivity index (χ1) is 7.46. The minimum atomic E-state index is -0.625. The summed E-state index contributed by atoms with van der Waals surface area (Å²) in [6.45, 7) is 1.63. The third-order valence-corrected chi connectivity index (χ3v) is 3.73. The molecule has 1 aromatic carbocycles. The molecule has 0 amide bonds. The van der Waals surface area contributed by atoms with Crippen molar-refractivity contribution in [1.82, 2.24) is 0 Å². The number of phenols is 1. The topological polar surface area (TPSA) is 46.2 Å². The lowest BCUT2D eigenvalue weighted by molar-refractivity contribution is 0.403. The molecule has 1 saturated carbocycles. The van der Waals surface area contributed by atoms with Crippen LogP contribution in [0.5, 0.6) is 5.75 Å². The quantitative estimate of drug-likeness (QED) is 0.796. The van der Waals surface area contributed by atoms with Crippen molar-refractivity contribution in [2.24, 2.45) is 5.73 Å². The summed E-state index contributed by atoms with van der Waals surface area (Å²) in [7, 11) is 0. The van der Waals surface area contributed by atoms with Crippen LogP contribution in [0.3, 0.4) is 0 Å². The molecule has 1 fully saturated rings. The van der Waals surface area contributed by atoms with E-state index in [1.54, 1.807) is 6.92 Å². The van der Waals surface area contributed by atoms with Crippen LogP contribution in [0, 0.1) is 12.7 Å². The van der Waals surface area contributed by atoms with E-state index < -0.39 is 11.4 Å². The summed E-state index contributed by atoms with van der Waals surface area (Å²) < 4.78 is 13.6. The molecule has 0 unspecified atom stereocenters. The minimum absolute atomic E-state index is 0.0369. The number of hydrogen-bond acceptors (Lipinski definition) is 2. The maximum atomic E-state index is 13.6. The molecule has 4 heteroatoms. The number of nitrogens with two attached hydrogens (primary N) is 1. The van der Waals surface area contributed by atoms with Crippen LogP contribution in [-0.4, -0.2) is 5.11 Å². The van der Waals surface area contributed by atoms with Crippen molar-refractivity contribution >= 4 is 11.6 Å². The van der Waals surface area contributed by atoms with Gasteiger partial charge in [-0.3, -0.25) is 0 Å². The first kappa shape index (κ1) is 11.7. The predicted molar refractivity (Wildman–Crippen MR) is 62.1 cm³/mol. The van der Waals surface area contributed by atoms with Crippen molar-refractivity contribution in [3.63, 3.8) is 0 Å². The monoisotopic (exact) mass is 243 g/mol. The standard InChI is InChI=1S/C12H15ClFNO/c1-7-9(14)6-8(13)11(16)10(7)12(15)4-2-3-5-12/h6,16H,2-5,15H2,1H3. The summed E-state index contributed by atoms with van der Waals surface area (Å²) in [4.78, 5) is 0. The Bertz CT molecular complexity index is 401. The molecule has 0 bridgehead atoms. The van der Waals surface area contributed by atoms with Gasteiger partial charge in [-0.1, -0.05) is 24.4 Å². The van der Waals surface area contributed by atoms with Gasteiger partial charge in [-0.2, -0.15) is 0 Å². The SMILES string of the molecule is Cc1c(F)cc(Cl)c(O)c1C1(N)CCCC1. The lowest BCUT2D eigenvalue weighted by Crippen LogP contribution is -2.34. The molecule has 16 heavy (non-hydrogen) atoms. The Labute approximate surface area is 99.2 Å². The van der Waals surface area contributed by atoms with E-state index in [-0.39, 0.29) is 10.8 Å². The molecule has 0 spiro atoms. The molecule has 0 atom stereocenters. The average Bonchev–Trinajstić information content (AvgIpc) is 2.63. The summed E-state index contributed by atoms with van der Waals surface area (Å²) in [6.07, 6.45) is 3.54. The highest BCUT2D eigenvalue weighted by Crippen LogP contribution is 2.45. The normalized spacial score (nSPS) is 19.0. The van der Waals surface area contributed by atoms with Gasteiger partial charge in [-0.25, -0.2) is 4.39 Å². The van der Waals surface area contributed by atoms with Crippen LogP contribution < -0.4 is 5.73 Å². The van der Waals surface area contributed by atoms with Crippen molar-refractivity contribution in [2.75, 3.05) is 0 Å². The van der Waals surface area contributed by atoms with Gasteiger partial charge in [0.05, 0.1) is 5.02 Å². The molecule has 0 radical (unpaired) electrons. The molecule has 0 aliphatic heterocycles. The summed E-state index contributed by atoms with van der Waals surface area (Å²) in [5.74, 6) is -0.473. The molecule has 88 valence electrons. The molecule has 2 rings (SSSR count). The lowest BCUT2D eigenvalue weighted by atomic mass is 9.85. The van der Waals surface area contributed by atoms with E-state index in [1.165, 1.54) is 0 Å². The number of benzene rings is 1. The molecule has 1 aromatic rings. The minimum Gasteiger partial charge on any atom is -0.506 e. The second-order valence-corrected chi connectivity index (χ2v) is 4.96. The highest BCUT2D eigenvalue weighted by Gasteiger charge is 2.36. The van der Waals surface area contributed by atoms with Crippen molar-refractivity contribution in [3.8, 4) is 5.75 Å². The van der Waals surface area contributed by atoms with Gasteiger partial charge in [0.15, 0.2) is 0 Å². The van der Waals surface area contributed by atoms with Crippen molar-refractivity contribution in [3.05, 3.63) is 28.0 Å². The molecule has 2 nitrogen and oxygen atoms in total. The van der Waals surface area contributed by atoms with Crippen LogP contribution in [0.25, 0.3) is 0 Å². The first-order valence-corrected chi connectivity index (χ1v) is 5.80. The average molecular weight is 244 g/mol. The maximum Gasteiger partial charge on any atom is 0.139 e. The first-order valence-electron chi connectivity index (χ1n) is 5.42. The van der Waals surface area contributed by atoms with E-state index in [4.69, 9.17) is 17.3 Å². The molecular weight excluding hydrogens is 229 g/mol.